The van der Waals surface area contributed by atoms with Crippen molar-refractivity contribution in [1.29, 1.82) is 0 Å². The van der Waals surface area contributed by atoms with E-state index in [0.717, 1.165) is 5.56 Å². The first-order chi connectivity index (χ1) is 11.7. The quantitative estimate of drug-likeness (QED) is 0.744. The maximum atomic E-state index is 12.3. The zero-order valence-electron chi connectivity index (χ0n) is 12.6. The number of halogens is 1. The van der Waals surface area contributed by atoms with Gasteiger partial charge in [0.2, 0.25) is 0 Å². The second-order valence-corrected chi connectivity index (χ2v) is 5.40. The molecule has 24 heavy (non-hydrogen) atoms. The molecule has 0 aliphatic heterocycles. The van der Waals surface area contributed by atoms with Gasteiger partial charge in [0.05, 0.1) is 0 Å². The van der Waals surface area contributed by atoms with Crippen molar-refractivity contribution < 1.29 is 4.79 Å². The summed E-state index contributed by atoms with van der Waals surface area (Å²) >= 11 is 5.91. The molecule has 0 unspecified atom stereocenters. The summed E-state index contributed by atoms with van der Waals surface area (Å²) in [6, 6.07) is 12.3. The number of anilines is 2. The lowest BCUT2D eigenvalue weighted by Gasteiger charge is -2.08. The Kier molecular flexibility index (Phi) is 4.98. The first-order valence-electron chi connectivity index (χ1n) is 7.22. The number of pyridine rings is 1. The number of hydrogen-bond acceptors (Lipinski definition) is 5. The summed E-state index contributed by atoms with van der Waals surface area (Å²) in [7, 11) is 0. The molecule has 0 saturated carbocycles. The van der Waals surface area contributed by atoms with Crippen LogP contribution in [0.2, 0.25) is 5.02 Å². The normalized spacial score (nSPS) is 10.2. The highest BCUT2D eigenvalue weighted by molar-refractivity contribution is 6.30. The van der Waals surface area contributed by atoms with Crippen molar-refractivity contribution in [2.45, 2.75) is 6.54 Å². The molecule has 0 fully saturated rings. The molecule has 0 aliphatic carbocycles. The standard InChI is InChI=1S/C17H14ClN5O/c18-13-2-1-3-14(8-13)23-17(24)15-9-16(22-11-21-15)20-10-12-4-6-19-7-5-12/h1-9,11H,10H2,(H,23,24)(H,20,21,22). The fraction of sp³-hybridized carbons (Fsp3) is 0.0588. The Morgan fingerprint density at radius 2 is 1.92 bits per heavy atom. The topological polar surface area (TPSA) is 79.8 Å². The molecule has 2 aromatic heterocycles. The molecule has 3 aromatic rings. The number of nitrogens with zero attached hydrogens (tertiary/aromatic N) is 3. The number of carbonyl (C=O) groups is 1. The van der Waals surface area contributed by atoms with Gasteiger partial charge in [0.15, 0.2) is 0 Å². The van der Waals surface area contributed by atoms with Crippen molar-refractivity contribution in [1.82, 2.24) is 15.0 Å². The van der Waals surface area contributed by atoms with Crippen molar-refractivity contribution in [2.24, 2.45) is 0 Å². The van der Waals surface area contributed by atoms with Gasteiger partial charge in [-0.25, -0.2) is 9.97 Å². The van der Waals surface area contributed by atoms with Gasteiger partial charge in [-0.1, -0.05) is 17.7 Å². The molecule has 1 aromatic carbocycles. The Labute approximate surface area is 143 Å². The first kappa shape index (κ1) is 15.9. The average Bonchev–Trinajstić information content (AvgIpc) is 2.61. The summed E-state index contributed by atoms with van der Waals surface area (Å²) in [5.41, 5.74) is 1.94. The van der Waals surface area contributed by atoms with Gasteiger partial charge in [-0.3, -0.25) is 9.78 Å². The summed E-state index contributed by atoms with van der Waals surface area (Å²) in [5, 5.41) is 6.45. The molecule has 2 N–H and O–H groups in total. The Hall–Kier alpha value is -2.99. The fourth-order valence-corrected chi connectivity index (χ4v) is 2.22. The molecule has 0 saturated heterocycles. The smallest absolute Gasteiger partial charge is 0.274 e. The lowest BCUT2D eigenvalue weighted by Crippen LogP contribution is -2.14. The van der Waals surface area contributed by atoms with Crippen LogP contribution in [0.5, 0.6) is 0 Å². The van der Waals surface area contributed by atoms with Crippen LogP contribution in [-0.4, -0.2) is 20.9 Å². The SMILES string of the molecule is O=C(Nc1cccc(Cl)c1)c1cc(NCc2ccncc2)ncn1. The van der Waals surface area contributed by atoms with Gasteiger partial charge < -0.3 is 10.6 Å². The predicted molar refractivity (Wildman–Crippen MR) is 93.0 cm³/mol. The molecule has 0 radical (unpaired) electrons. The lowest BCUT2D eigenvalue weighted by molar-refractivity contribution is 0.102. The van der Waals surface area contributed by atoms with E-state index in [0.29, 0.717) is 23.1 Å². The summed E-state index contributed by atoms with van der Waals surface area (Å²) in [6.45, 7) is 0.578. The number of amides is 1. The Bertz CT molecular complexity index is 841. The third kappa shape index (κ3) is 4.27. The Morgan fingerprint density at radius 3 is 2.71 bits per heavy atom. The zero-order chi connectivity index (χ0) is 16.8. The van der Waals surface area contributed by atoms with E-state index < -0.39 is 0 Å². The molecule has 0 spiro atoms. The number of hydrogen-bond donors (Lipinski definition) is 2. The maximum absolute atomic E-state index is 12.3. The van der Waals surface area contributed by atoms with Crippen LogP contribution >= 0.6 is 11.6 Å². The molecule has 7 heteroatoms. The van der Waals surface area contributed by atoms with Crippen LogP contribution in [0.3, 0.4) is 0 Å². The highest BCUT2D eigenvalue weighted by Gasteiger charge is 2.09. The van der Waals surface area contributed by atoms with Gasteiger partial charge in [0, 0.05) is 35.7 Å². The van der Waals surface area contributed by atoms with E-state index in [9.17, 15) is 4.79 Å². The van der Waals surface area contributed by atoms with E-state index in [1.807, 2.05) is 12.1 Å². The monoisotopic (exact) mass is 339 g/mol. The second kappa shape index (κ2) is 7.52. The minimum absolute atomic E-state index is 0.266. The Balaban J connectivity index is 1.67. The van der Waals surface area contributed by atoms with Gasteiger partial charge >= 0.3 is 0 Å². The highest BCUT2D eigenvalue weighted by Crippen LogP contribution is 2.16. The maximum Gasteiger partial charge on any atom is 0.274 e. The van der Waals surface area contributed by atoms with Crippen LogP contribution in [0.4, 0.5) is 11.5 Å². The molecule has 0 aliphatic rings. The van der Waals surface area contributed by atoms with Crippen molar-refractivity contribution in [3.8, 4) is 0 Å². The molecule has 2 heterocycles. The molecule has 3 rings (SSSR count). The first-order valence-corrected chi connectivity index (χ1v) is 7.60. The molecule has 120 valence electrons. The van der Waals surface area contributed by atoms with Crippen molar-refractivity contribution in [3.05, 3.63) is 77.5 Å². The van der Waals surface area contributed by atoms with Gasteiger partial charge in [0.1, 0.15) is 17.8 Å². The zero-order valence-corrected chi connectivity index (χ0v) is 13.4. The predicted octanol–water partition coefficient (Wildman–Crippen LogP) is 3.39. The molecule has 0 atom stereocenters. The van der Waals surface area contributed by atoms with Crippen LogP contribution in [0.15, 0.2) is 61.2 Å². The van der Waals surface area contributed by atoms with E-state index in [-0.39, 0.29) is 11.6 Å². The molecular formula is C17H14ClN5O. The summed E-state index contributed by atoms with van der Waals surface area (Å²) in [6.07, 6.45) is 4.80. The second-order valence-electron chi connectivity index (χ2n) is 4.96. The summed E-state index contributed by atoms with van der Waals surface area (Å²) in [4.78, 5) is 24.4. The van der Waals surface area contributed by atoms with Gasteiger partial charge in [-0.05, 0) is 35.9 Å². The number of aromatic nitrogens is 3. The van der Waals surface area contributed by atoms with Crippen LogP contribution in [0.1, 0.15) is 16.1 Å². The number of carbonyl (C=O) groups excluding carboxylic acids is 1. The van der Waals surface area contributed by atoms with Gasteiger partial charge in [0.25, 0.3) is 5.91 Å². The number of nitrogens with one attached hydrogen (secondary N) is 2. The minimum Gasteiger partial charge on any atom is -0.366 e. The average molecular weight is 340 g/mol. The van der Waals surface area contributed by atoms with E-state index in [2.05, 4.69) is 25.6 Å². The number of benzene rings is 1. The third-order valence-electron chi connectivity index (χ3n) is 3.21. The van der Waals surface area contributed by atoms with Crippen molar-refractivity contribution in [3.63, 3.8) is 0 Å². The third-order valence-corrected chi connectivity index (χ3v) is 3.44. The molecule has 0 bridgehead atoms. The van der Waals surface area contributed by atoms with Crippen LogP contribution in [-0.2, 0) is 6.54 Å². The number of rotatable bonds is 5. The summed E-state index contributed by atoms with van der Waals surface area (Å²) < 4.78 is 0. The van der Waals surface area contributed by atoms with Gasteiger partial charge in [-0.2, -0.15) is 0 Å². The van der Waals surface area contributed by atoms with Crippen LogP contribution < -0.4 is 10.6 Å². The molecular weight excluding hydrogens is 326 g/mol. The van der Waals surface area contributed by atoms with E-state index in [1.54, 1.807) is 42.7 Å². The lowest BCUT2D eigenvalue weighted by atomic mass is 10.2. The van der Waals surface area contributed by atoms with E-state index in [1.165, 1.54) is 6.33 Å². The van der Waals surface area contributed by atoms with Crippen molar-refractivity contribution in [2.75, 3.05) is 10.6 Å². The highest BCUT2D eigenvalue weighted by atomic mass is 35.5. The minimum atomic E-state index is -0.327. The van der Waals surface area contributed by atoms with Crippen LogP contribution in [0.25, 0.3) is 0 Å². The Morgan fingerprint density at radius 1 is 1.08 bits per heavy atom. The van der Waals surface area contributed by atoms with Gasteiger partial charge in [-0.15, -0.1) is 0 Å². The van der Waals surface area contributed by atoms with E-state index >= 15 is 0 Å². The largest absolute Gasteiger partial charge is 0.366 e. The van der Waals surface area contributed by atoms with E-state index in [4.69, 9.17) is 11.6 Å². The fourth-order valence-electron chi connectivity index (χ4n) is 2.03. The molecule has 6 nitrogen and oxygen atoms in total. The summed E-state index contributed by atoms with van der Waals surface area (Å²) in [5.74, 6) is 0.240. The molecule has 1 amide bonds. The van der Waals surface area contributed by atoms with Crippen molar-refractivity contribution >= 4 is 29.0 Å². The van der Waals surface area contributed by atoms with Crippen LogP contribution in [0, 0.1) is 0 Å².